The standard InChI is InChI=1S/C74H62/c1-43-19-25-57-61-29-23-47(41-69(61)73(7,8)65(57)31-43)51-33-49(45-21-27-59-55-15-11-13-17-63(55)71(3,4)67(59)39-45)35-53(37-51)54-36-50(46-22-28-60-56-16-12-14-18-64(56)72(5,6)68(60)40-46)34-52(38-54)48-24-30-62-58-26-20-44(2)32-66(58)74(9,10)70(62)42-48/h11-42H,1-10H3. The minimum atomic E-state index is -0.118. The van der Waals surface area contributed by atoms with Crippen molar-refractivity contribution in [3.05, 3.63) is 250 Å². The average molecular weight is 951 g/mol. The molecule has 0 radical (unpaired) electrons. The van der Waals surface area contributed by atoms with Crippen molar-refractivity contribution in [3.63, 3.8) is 0 Å². The molecule has 0 nitrogen and oxygen atoms in total. The lowest BCUT2D eigenvalue weighted by molar-refractivity contribution is 0.660. The molecule has 4 aliphatic carbocycles. The van der Waals surface area contributed by atoms with E-state index in [1.807, 2.05) is 0 Å². The van der Waals surface area contributed by atoms with E-state index in [0.717, 1.165) is 0 Å². The molecule has 0 unspecified atom stereocenters. The van der Waals surface area contributed by atoms with Crippen molar-refractivity contribution < 1.29 is 0 Å². The van der Waals surface area contributed by atoms with Crippen LogP contribution in [0.1, 0.15) is 111 Å². The van der Waals surface area contributed by atoms with Gasteiger partial charge in [0.25, 0.3) is 0 Å². The van der Waals surface area contributed by atoms with E-state index < -0.39 is 0 Å². The van der Waals surface area contributed by atoms with Gasteiger partial charge in [-0.15, -0.1) is 0 Å². The lowest BCUT2D eigenvalue weighted by Crippen LogP contribution is -2.15. The van der Waals surface area contributed by atoms with Crippen LogP contribution in [0.2, 0.25) is 0 Å². The van der Waals surface area contributed by atoms with Crippen molar-refractivity contribution in [1.29, 1.82) is 0 Å². The maximum atomic E-state index is 2.49. The van der Waals surface area contributed by atoms with E-state index >= 15 is 0 Å². The molecule has 0 amide bonds. The van der Waals surface area contributed by atoms with Gasteiger partial charge in [0.15, 0.2) is 0 Å². The van der Waals surface area contributed by atoms with Gasteiger partial charge in [-0.05, 0) is 219 Å². The normalized spacial score (nSPS) is 15.9. The highest BCUT2D eigenvalue weighted by atomic mass is 14.4. The van der Waals surface area contributed by atoms with Crippen LogP contribution in [0.5, 0.6) is 0 Å². The van der Waals surface area contributed by atoms with Crippen molar-refractivity contribution in [2.45, 2.75) is 90.9 Å². The maximum absolute atomic E-state index is 2.49. The Bertz CT molecular complexity index is 3820. The van der Waals surface area contributed by atoms with Gasteiger partial charge in [0, 0.05) is 21.7 Å². The van der Waals surface area contributed by atoms with Gasteiger partial charge >= 0.3 is 0 Å². The molecule has 0 atom stereocenters. The Kier molecular flexibility index (Phi) is 9.32. The molecule has 0 saturated carbocycles. The van der Waals surface area contributed by atoms with Gasteiger partial charge in [0.1, 0.15) is 0 Å². The first-order valence-corrected chi connectivity index (χ1v) is 26.8. The van der Waals surface area contributed by atoms with Gasteiger partial charge < -0.3 is 0 Å². The number of hydrogen-bond acceptors (Lipinski definition) is 0. The molecular weight excluding hydrogens is 889 g/mol. The Morgan fingerprint density at radius 2 is 0.405 bits per heavy atom. The summed E-state index contributed by atoms with van der Waals surface area (Å²) in [5, 5.41) is 0. The van der Waals surface area contributed by atoms with Crippen LogP contribution in [0.3, 0.4) is 0 Å². The van der Waals surface area contributed by atoms with E-state index in [-0.39, 0.29) is 21.7 Å². The summed E-state index contributed by atoms with van der Waals surface area (Å²) >= 11 is 0. The molecule has 0 spiro atoms. The average Bonchev–Trinajstić information content (AvgIpc) is 3.98. The fourth-order valence-corrected chi connectivity index (χ4v) is 14.1. The molecule has 0 fully saturated rings. The van der Waals surface area contributed by atoms with E-state index in [4.69, 9.17) is 0 Å². The predicted octanol–water partition coefficient (Wildman–Crippen LogP) is 19.9. The van der Waals surface area contributed by atoms with Crippen LogP contribution >= 0.6 is 0 Å². The van der Waals surface area contributed by atoms with Gasteiger partial charge in [-0.1, -0.05) is 200 Å². The number of rotatable bonds is 5. The smallest absolute Gasteiger partial charge is 0.0159 e. The Morgan fingerprint density at radius 1 is 0.189 bits per heavy atom. The number of fused-ring (bicyclic) bond motifs is 12. The summed E-state index contributed by atoms with van der Waals surface area (Å²) in [6.07, 6.45) is 0. The number of hydrogen-bond donors (Lipinski definition) is 0. The Balaban J connectivity index is 0.983. The lowest BCUT2D eigenvalue weighted by Gasteiger charge is -2.23. The largest absolute Gasteiger partial charge is 0.0619 e. The topological polar surface area (TPSA) is 0 Å². The molecular formula is C74H62. The molecule has 0 aromatic heterocycles. The van der Waals surface area contributed by atoms with E-state index in [1.165, 1.54) is 156 Å². The van der Waals surface area contributed by atoms with Crippen molar-refractivity contribution >= 4 is 0 Å². The van der Waals surface area contributed by atoms with Crippen molar-refractivity contribution in [2.75, 3.05) is 0 Å². The van der Waals surface area contributed by atoms with Crippen LogP contribution in [0.4, 0.5) is 0 Å². The third-order valence-electron chi connectivity index (χ3n) is 18.4. The van der Waals surface area contributed by atoms with Crippen LogP contribution in [-0.2, 0) is 21.7 Å². The van der Waals surface area contributed by atoms with Crippen LogP contribution in [0.15, 0.2) is 194 Å². The minimum Gasteiger partial charge on any atom is -0.0619 e. The maximum Gasteiger partial charge on any atom is 0.0159 e. The van der Waals surface area contributed by atoms with Crippen LogP contribution < -0.4 is 0 Å². The molecule has 0 bridgehead atoms. The van der Waals surface area contributed by atoms with Crippen molar-refractivity contribution in [3.8, 4) is 100 Å². The minimum absolute atomic E-state index is 0.110. The second kappa shape index (κ2) is 15.4. The molecule has 358 valence electrons. The van der Waals surface area contributed by atoms with Gasteiger partial charge in [-0.25, -0.2) is 0 Å². The van der Waals surface area contributed by atoms with Crippen LogP contribution in [-0.4, -0.2) is 0 Å². The summed E-state index contributed by atoms with van der Waals surface area (Å²) in [6.45, 7) is 23.6. The SMILES string of the molecule is Cc1ccc2c(c1)C(C)(C)c1cc(-c3cc(-c4cc(-c5ccc6c(c5)C(C)(C)c5ccccc5-6)cc(-c5ccc6c(c5)C(C)(C)c5cc(C)ccc5-6)c4)cc(-c4ccc5c(c4)C(C)(C)c4ccccc4-5)c3)ccc1-2. The first-order valence-electron chi connectivity index (χ1n) is 26.8. The molecule has 4 aliphatic rings. The van der Waals surface area contributed by atoms with Gasteiger partial charge in [0.05, 0.1) is 0 Å². The third kappa shape index (κ3) is 6.40. The fourth-order valence-electron chi connectivity index (χ4n) is 14.1. The monoisotopic (exact) mass is 950 g/mol. The summed E-state index contributed by atoms with van der Waals surface area (Å²) in [7, 11) is 0. The first kappa shape index (κ1) is 44.9. The fraction of sp³-hybridized carbons (Fsp3) is 0.189. The lowest BCUT2D eigenvalue weighted by atomic mass is 9.80. The quantitative estimate of drug-likeness (QED) is 0.161. The van der Waals surface area contributed by atoms with Crippen LogP contribution in [0, 0.1) is 13.8 Å². The molecule has 0 heterocycles. The van der Waals surface area contributed by atoms with Crippen molar-refractivity contribution in [2.24, 2.45) is 0 Å². The van der Waals surface area contributed by atoms with Crippen molar-refractivity contribution in [1.82, 2.24) is 0 Å². The molecule has 74 heavy (non-hydrogen) atoms. The van der Waals surface area contributed by atoms with Gasteiger partial charge in [0.2, 0.25) is 0 Å². The molecule has 0 aliphatic heterocycles. The Labute approximate surface area is 438 Å². The molecule has 0 N–H and O–H groups in total. The summed E-state index contributed by atoms with van der Waals surface area (Å²) in [5.74, 6) is 0. The first-order chi connectivity index (χ1) is 35.5. The molecule has 10 aromatic carbocycles. The summed E-state index contributed by atoms with van der Waals surface area (Å²) in [6, 6.07) is 75.7. The molecule has 14 rings (SSSR count). The molecule has 0 saturated heterocycles. The molecule has 10 aromatic rings. The number of benzene rings is 10. The van der Waals surface area contributed by atoms with E-state index in [2.05, 4.69) is 263 Å². The zero-order valence-electron chi connectivity index (χ0n) is 44.5. The Hall–Kier alpha value is -7.80. The Morgan fingerprint density at radius 3 is 0.703 bits per heavy atom. The van der Waals surface area contributed by atoms with E-state index in [0.29, 0.717) is 0 Å². The summed E-state index contributed by atoms with van der Waals surface area (Å²) in [5.41, 5.74) is 36.4. The highest BCUT2D eigenvalue weighted by Crippen LogP contribution is 2.55. The zero-order valence-corrected chi connectivity index (χ0v) is 44.5. The molecule has 0 heteroatoms. The zero-order chi connectivity index (χ0) is 50.8. The number of aryl methyl sites for hydroxylation is 2. The van der Waals surface area contributed by atoms with Gasteiger partial charge in [-0.2, -0.15) is 0 Å². The highest BCUT2D eigenvalue weighted by Gasteiger charge is 2.39. The van der Waals surface area contributed by atoms with Gasteiger partial charge in [-0.3, -0.25) is 0 Å². The summed E-state index contributed by atoms with van der Waals surface area (Å²) < 4.78 is 0. The second-order valence-corrected chi connectivity index (χ2v) is 24.3. The summed E-state index contributed by atoms with van der Waals surface area (Å²) in [4.78, 5) is 0. The highest BCUT2D eigenvalue weighted by molar-refractivity contribution is 5.92. The van der Waals surface area contributed by atoms with E-state index in [9.17, 15) is 0 Å². The third-order valence-corrected chi connectivity index (χ3v) is 18.4. The predicted molar refractivity (Wildman–Crippen MR) is 313 cm³/mol. The van der Waals surface area contributed by atoms with E-state index in [1.54, 1.807) is 0 Å². The van der Waals surface area contributed by atoms with Crippen LogP contribution in [0.25, 0.3) is 100 Å². The second-order valence-electron chi connectivity index (χ2n) is 24.3.